The van der Waals surface area contributed by atoms with Crippen molar-refractivity contribution in [2.75, 3.05) is 6.54 Å². The molecule has 0 spiro atoms. The Morgan fingerprint density at radius 3 is 2.83 bits per heavy atom. The largest absolute Gasteiger partial charge is 0.334 e. The van der Waals surface area contributed by atoms with Gasteiger partial charge in [0.1, 0.15) is 11.3 Å². The van der Waals surface area contributed by atoms with Crippen molar-refractivity contribution in [2.24, 2.45) is 10.8 Å². The van der Waals surface area contributed by atoms with E-state index in [0.717, 1.165) is 25.0 Å². The van der Waals surface area contributed by atoms with Crippen LogP contribution in [0.2, 0.25) is 5.02 Å². The van der Waals surface area contributed by atoms with E-state index in [-0.39, 0.29) is 11.3 Å². The SMILES string of the molecule is CC1(C)C[C@@H]2C[C@](C)(CN2C(=O)c2cn3cc(Cl)ccc3n2)C1. The first kappa shape index (κ1) is 15.0. The average molecular weight is 332 g/mol. The molecule has 2 fully saturated rings. The number of fused-ring (bicyclic) bond motifs is 3. The molecule has 0 aromatic carbocycles. The van der Waals surface area contributed by atoms with Gasteiger partial charge >= 0.3 is 0 Å². The first-order chi connectivity index (χ1) is 10.7. The first-order valence-electron chi connectivity index (χ1n) is 8.20. The Morgan fingerprint density at radius 2 is 2.04 bits per heavy atom. The van der Waals surface area contributed by atoms with Crippen LogP contribution in [-0.2, 0) is 0 Å². The van der Waals surface area contributed by atoms with Gasteiger partial charge in [0.15, 0.2) is 0 Å². The lowest BCUT2D eigenvalue weighted by Gasteiger charge is -2.39. The molecule has 2 aromatic rings. The van der Waals surface area contributed by atoms with E-state index in [0.29, 0.717) is 22.2 Å². The van der Waals surface area contributed by atoms with Crippen molar-refractivity contribution < 1.29 is 4.79 Å². The summed E-state index contributed by atoms with van der Waals surface area (Å²) in [4.78, 5) is 19.6. The second-order valence-electron chi connectivity index (χ2n) is 8.39. The number of aromatic nitrogens is 2. The molecule has 2 bridgehead atoms. The molecule has 0 unspecified atom stereocenters. The molecule has 0 radical (unpaired) electrons. The second kappa shape index (κ2) is 4.73. The monoisotopic (exact) mass is 331 g/mol. The summed E-state index contributed by atoms with van der Waals surface area (Å²) in [6.07, 6.45) is 6.95. The molecule has 4 nitrogen and oxygen atoms in total. The predicted octanol–water partition coefficient (Wildman–Crippen LogP) is 4.03. The van der Waals surface area contributed by atoms with Crippen molar-refractivity contribution in [3.63, 3.8) is 0 Å². The molecule has 3 heterocycles. The highest BCUT2D eigenvalue weighted by atomic mass is 35.5. The smallest absolute Gasteiger partial charge is 0.274 e. The zero-order valence-corrected chi connectivity index (χ0v) is 14.6. The normalized spacial score (nSPS) is 29.2. The molecular weight excluding hydrogens is 310 g/mol. The predicted molar refractivity (Wildman–Crippen MR) is 90.8 cm³/mol. The van der Waals surface area contributed by atoms with Crippen LogP contribution in [0.4, 0.5) is 0 Å². The summed E-state index contributed by atoms with van der Waals surface area (Å²) >= 11 is 6.01. The highest BCUT2D eigenvalue weighted by Gasteiger charge is 2.51. The van der Waals surface area contributed by atoms with Crippen molar-refractivity contribution in [1.82, 2.24) is 14.3 Å². The van der Waals surface area contributed by atoms with Crippen LogP contribution in [0.3, 0.4) is 0 Å². The number of carbonyl (C=O) groups is 1. The minimum atomic E-state index is 0.0521. The molecule has 4 rings (SSSR count). The third kappa shape index (κ3) is 2.53. The molecular formula is C18H22ClN3O. The quantitative estimate of drug-likeness (QED) is 0.791. The number of halogens is 1. The number of likely N-dealkylation sites (tertiary alicyclic amines) is 1. The third-order valence-electron chi connectivity index (χ3n) is 5.31. The van der Waals surface area contributed by atoms with Crippen molar-refractivity contribution in [3.05, 3.63) is 35.2 Å². The Balaban J connectivity index is 1.66. The zero-order chi connectivity index (χ0) is 16.4. The Morgan fingerprint density at radius 1 is 1.26 bits per heavy atom. The number of carbonyl (C=O) groups excluding carboxylic acids is 1. The Kier molecular flexibility index (Phi) is 3.08. The van der Waals surface area contributed by atoms with E-state index in [1.54, 1.807) is 18.5 Å². The van der Waals surface area contributed by atoms with Gasteiger partial charge in [0.2, 0.25) is 0 Å². The molecule has 1 amide bonds. The molecule has 1 aliphatic heterocycles. The minimum absolute atomic E-state index is 0.0521. The van der Waals surface area contributed by atoms with Gasteiger partial charge in [0.25, 0.3) is 5.91 Å². The van der Waals surface area contributed by atoms with E-state index in [2.05, 4.69) is 30.7 Å². The molecule has 1 aliphatic carbocycles. The van der Waals surface area contributed by atoms with Crippen molar-refractivity contribution in [3.8, 4) is 0 Å². The Labute approximate surface area is 141 Å². The van der Waals surface area contributed by atoms with Gasteiger partial charge in [-0.05, 0) is 42.2 Å². The van der Waals surface area contributed by atoms with Crippen molar-refractivity contribution in [2.45, 2.75) is 46.1 Å². The molecule has 2 atom stereocenters. The number of rotatable bonds is 1. The molecule has 122 valence electrons. The minimum Gasteiger partial charge on any atom is -0.334 e. The van der Waals surface area contributed by atoms with E-state index in [9.17, 15) is 4.79 Å². The molecule has 0 N–H and O–H groups in total. The van der Waals surface area contributed by atoms with Crippen LogP contribution in [-0.4, -0.2) is 32.8 Å². The van der Waals surface area contributed by atoms with E-state index < -0.39 is 0 Å². The van der Waals surface area contributed by atoms with Crippen molar-refractivity contribution >= 4 is 23.2 Å². The van der Waals surface area contributed by atoms with Gasteiger partial charge in [-0.15, -0.1) is 0 Å². The van der Waals surface area contributed by atoms with Crippen molar-refractivity contribution in [1.29, 1.82) is 0 Å². The third-order valence-corrected chi connectivity index (χ3v) is 5.53. The summed E-state index contributed by atoms with van der Waals surface area (Å²) in [6, 6.07) is 3.97. The number of nitrogens with zero attached hydrogens (tertiary/aromatic N) is 3. The highest BCUT2D eigenvalue weighted by Crippen LogP contribution is 2.52. The van der Waals surface area contributed by atoms with Crippen LogP contribution >= 0.6 is 11.6 Å². The lowest BCUT2D eigenvalue weighted by molar-refractivity contribution is 0.0703. The maximum Gasteiger partial charge on any atom is 0.274 e. The molecule has 1 saturated carbocycles. The van der Waals surface area contributed by atoms with Gasteiger partial charge < -0.3 is 9.30 Å². The van der Waals surface area contributed by atoms with E-state index >= 15 is 0 Å². The fourth-order valence-electron chi connectivity index (χ4n) is 4.91. The number of hydrogen-bond donors (Lipinski definition) is 0. The summed E-state index contributed by atoms with van der Waals surface area (Å²) in [5, 5.41) is 0.639. The zero-order valence-electron chi connectivity index (χ0n) is 13.8. The summed E-state index contributed by atoms with van der Waals surface area (Å²) in [5.41, 5.74) is 1.82. The summed E-state index contributed by atoms with van der Waals surface area (Å²) in [6.45, 7) is 7.79. The van der Waals surface area contributed by atoms with Crippen LogP contribution in [0.15, 0.2) is 24.5 Å². The van der Waals surface area contributed by atoms with Gasteiger partial charge in [0.05, 0.1) is 5.02 Å². The lowest BCUT2D eigenvalue weighted by Crippen LogP contribution is -2.37. The standard InChI is InChI=1S/C18H22ClN3O/c1-17(2)6-13-7-18(3,10-17)11-22(13)16(23)14-9-21-8-12(19)4-5-15(21)20-14/h4-5,8-9,13H,6-7,10-11H2,1-3H3/t13-,18+/m1/s1. The van der Waals surface area contributed by atoms with E-state index in [4.69, 9.17) is 11.6 Å². The van der Waals surface area contributed by atoms with Crippen LogP contribution < -0.4 is 0 Å². The molecule has 23 heavy (non-hydrogen) atoms. The summed E-state index contributed by atoms with van der Waals surface area (Å²) in [7, 11) is 0. The van der Waals surface area contributed by atoms with E-state index in [1.807, 2.05) is 10.5 Å². The molecule has 5 heteroatoms. The average Bonchev–Trinajstić information content (AvgIpc) is 2.94. The number of pyridine rings is 1. The highest BCUT2D eigenvalue weighted by molar-refractivity contribution is 6.30. The van der Waals surface area contributed by atoms with Gasteiger partial charge in [-0.2, -0.15) is 0 Å². The maximum absolute atomic E-state index is 13.0. The van der Waals surface area contributed by atoms with Crippen LogP contribution in [0.1, 0.15) is 50.5 Å². The molecule has 2 aromatic heterocycles. The van der Waals surface area contributed by atoms with Gasteiger partial charge in [0, 0.05) is 25.0 Å². The molecule has 2 aliphatic rings. The fraction of sp³-hybridized carbons (Fsp3) is 0.556. The van der Waals surface area contributed by atoms with Crippen LogP contribution in [0.5, 0.6) is 0 Å². The van der Waals surface area contributed by atoms with Gasteiger partial charge in [-0.1, -0.05) is 32.4 Å². The Hall–Kier alpha value is -1.55. The lowest BCUT2D eigenvalue weighted by atomic mass is 9.65. The van der Waals surface area contributed by atoms with Crippen LogP contribution in [0.25, 0.3) is 5.65 Å². The molecule has 1 saturated heterocycles. The van der Waals surface area contributed by atoms with Gasteiger partial charge in [-0.3, -0.25) is 4.79 Å². The first-order valence-corrected chi connectivity index (χ1v) is 8.58. The summed E-state index contributed by atoms with van der Waals surface area (Å²) < 4.78 is 1.82. The Bertz CT molecular complexity index is 797. The fourth-order valence-corrected chi connectivity index (χ4v) is 5.08. The number of imidazole rings is 1. The topological polar surface area (TPSA) is 37.6 Å². The second-order valence-corrected chi connectivity index (χ2v) is 8.82. The number of hydrogen-bond acceptors (Lipinski definition) is 2. The van der Waals surface area contributed by atoms with Crippen LogP contribution in [0, 0.1) is 10.8 Å². The van der Waals surface area contributed by atoms with E-state index in [1.165, 1.54) is 6.42 Å². The number of amides is 1. The summed E-state index contributed by atoms with van der Waals surface area (Å²) in [5.74, 6) is 0.0521. The van der Waals surface area contributed by atoms with Gasteiger partial charge in [-0.25, -0.2) is 4.98 Å². The maximum atomic E-state index is 13.0.